The Morgan fingerprint density at radius 2 is 1.83 bits per heavy atom. The Hall–Kier alpha value is -0.960. The third-order valence-electron chi connectivity index (χ3n) is 3.33. The molecule has 1 nitrogen and oxygen atoms in total. The summed E-state index contributed by atoms with van der Waals surface area (Å²) in [7, 11) is 0. The summed E-state index contributed by atoms with van der Waals surface area (Å²) >= 11 is 0. The van der Waals surface area contributed by atoms with Gasteiger partial charge in [0.15, 0.2) is 11.6 Å². The smallest absolute Gasteiger partial charge is 0.159 e. The van der Waals surface area contributed by atoms with Crippen LogP contribution in [0.5, 0.6) is 0 Å². The third kappa shape index (κ3) is 4.05. The van der Waals surface area contributed by atoms with Gasteiger partial charge in [0, 0.05) is 6.04 Å². The van der Waals surface area contributed by atoms with Crippen molar-refractivity contribution >= 4 is 0 Å². The Kier molecular flexibility index (Phi) is 6.27. The molecular weight excluding hydrogens is 232 g/mol. The van der Waals surface area contributed by atoms with Crippen molar-refractivity contribution < 1.29 is 8.78 Å². The van der Waals surface area contributed by atoms with Crippen LogP contribution in [0.2, 0.25) is 0 Å². The molecule has 18 heavy (non-hydrogen) atoms. The number of hydrogen-bond donors (Lipinski definition) is 1. The first-order chi connectivity index (χ1) is 8.60. The van der Waals surface area contributed by atoms with Crippen molar-refractivity contribution in [3.05, 3.63) is 35.4 Å². The quantitative estimate of drug-likeness (QED) is 0.768. The summed E-state index contributed by atoms with van der Waals surface area (Å²) in [5.41, 5.74) is 0.857. The Morgan fingerprint density at radius 1 is 1.11 bits per heavy atom. The van der Waals surface area contributed by atoms with E-state index >= 15 is 0 Å². The van der Waals surface area contributed by atoms with E-state index in [1.165, 1.54) is 12.1 Å². The molecule has 1 aromatic carbocycles. The van der Waals surface area contributed by atoms with Crippen LogP contribution in [0.25, 0.3) is 0 Å². The zero-order valence-electron chi connectivity index (χ0n) is 11.5. The van der Waals surface area contributed by atoms with Gasteiger partial charge in [0.25, 0.3) is 0 Å². The molecule has 102 valence electrons. The van der Waals surface area contributed by atoms with E-state index in [9.17, 15) is 8.78 Å². The van der Waals surface area contributed by atoms with Crippen LogP contribution in [0.4, 0.5) is 8.78 Å². The van der Waals surface area contributed by atoms with Crippen LogP contribution in [0.3, 0.4) is 0 Å². The van der Waals surface area contributed by atoms with Crippen LogP contribution in [0, 0.1) is 11.6 Å². The molecule has 0 saturated heterocycles. The fourth-order valence-corrected chi connectivity index (χ4v) is 2.20. The van der Waals surface area contributed by atoms with Crippen LogP contribution in [-0.2, 0) is 0 Å². The van der Waals surface area contributed by atoms with Gasteiger partial charge in [-0.15, -0.1) is 0 Å². The van der Waals surface area contributed by atoms with Crippen molar-refractivity contribution in [1.29, 1.82) is 0 Å². The van der Waals surface area contributed by atoms with E-state index in [0.717, 1.165) is 31.4 Å². The first-order valence-corrected chi connectivity index (χ1v) is 6.78. The van der Waals surface area contributed by atoms with Gasteiger partial charge in [-0.25, -0.2) is 8.78 Å². The second-order valence-corrected chi connectivity index (χ2v) is 4.81. The summed E-state index contributed by atoms with van der Waals surface area (Å²) < 4.78 is 26.2. The summed E-state index contributed by atoms with van der Waals surface area (Å²) in [4.78, 5) is 0. The molecule has 0 heterocycles. The zero-order chi connectivity index (χ0) is 13.5. The molecule has 0 radical (unpaired) electrons. The molecule has 1 rings (SSSR count). The maximum atomic E-state index is 13.2. The highest BCUT2D eigenvalue weighted by atomic mass is 19.2. The Morgan fingerprint density at radius 3 is 2.39 bits per heavy atom. The molecule has 0 aliphatic rings. The van der Waals surface area contributed by atoms with Crippen molar-refractivity contribution in [2.24, 2.45) is 0 Å². The van der Waals surface area contributed by atoms with Crippen LogP contribution < -0.4 is 5.32 Å². The molecule has 0 saturated carbocycles. The van der Waals surface area contributed by atoms with Crippen LogP contribution in [0.1, 0.15) is 51.5 Å². The van der Waals surface area contributed by atoms with E-state index in [2.05, 4.69) is 26.1 Å². The van der Waals surface area contributed by atoms with Gasteiger partial charge in [0.2, 0.25) is 0 Å². The fraction of sp³-hybridized carbons (Fsp3) is 0.600. The number of benzene rings is 1. The lowest BCUT2D eigenvalue weighted by atomic mass is 9.90. The number of nitrogens with one attached hydrogen (secondary N) is 1. The topological polar surface area (TPSA) is 12.0 Å². The Labute approximate surface area is 109 Å². The van der Waals surface area contributed by atoms with Crippen molar-refractivity contribution in [2.75, 3.05) is 6.54 Å². The number of rotatable bonds is 7. The zero-order valence-corrected chi connectivity index (χ0v) is 11.5. The third-order valence-corrected chi connectivity index (χ3v) is 3.33. The average molecular weight is 255 g/mol. The molecule has 0 aliphatic carbocycles. The maximum absolute atomic E-state index is 13.2. The molecule has 0 aliphatic heterocycles. The molecule has 0 aromatic heterocycles. The maximum Gasteiger partial charge on any atom is 0.159 e. The highest BCUT2D eigenvalue weighted by molar-refractivity contribution is 5.22. The normalized spacial score (nSPS) is 14.5. The predicted molar refractivity (Wildman–Crippen MR) is 71.8 cm³/mol. The van der Waals surface area contributed by atoms with Gasteiger partial charge < -0.3 is 5.32 Å². The summed E-state index contributed by atoms with van der Waals surface area (Å²) in [5.74, 6) is -1.35. The number of halogens is 2. The van der Waals surface area contributed by atoms with Gasteiger partial charge >= 0.3 is 0 Å². The minimum absolute atomic E-state index is 0.187. The highest BCUT2D eigenvalue weighted by Crippen LogP contribution is 2.23. The highest BCUT2D eigenvalue weighted by Gasteiger charge is 2.18. The fourth-order valence-electron chi connectivity index (χ4n) is 2.20. The summed E-state index contributed by atoms with van der Waals surface area (Å²) in [5, 5.41) is 3.49. The molecule has 0 fully saturated rings. The molecule has 3 heteroatoms. The van der Waals surface area contributed by atoms with Gasteiger partial charge in [-0.2, -0.15) is 0 Å². The van der Waals surface area contributed by atoms with E-state index in [1.54, 1.807) is 6.07 Å². The van der Waals surface area contributed by atoms with Gasteiger partial charge in [-0.3, -0.25) is 0 Å². The lowest BCUT2D eigenvalue weighted by Crippen LogP contribution is -2.34. The van der Waals surface area contributed by atoms with Crippen molar-refractivity contribution in [3.63, 3.8) is 0 Å². The molecule has 0 amide bonds. The number of hydrogen-bond acceptors (Lipinski definition) is 1. The molecule has 2 unspecified atom stereocenters. The lowest BCUT2D eigenvalue weighted by Gasteiger charge is -2.25. The first-order valence-electron chi connectivity index (χ1n) is 6.78. The second-order valence-electron chi connectivity index (χ2n) is 4.81. The monoisotopic (exact) mass is 255 g/mol. The molecule has 0 bridgehead atoms. The van der Waals surface area contributed by atoms with Gasteiger partial charge in [-0.1, -0.05) is 33.3 Å². The minimum atomic E-state index is -0.778. The summed E-state index contributed by atoms with van der Waals surface area (Å²) in [6.07, 6.45) is 3.19. The SMILES string of the molecule is CCCNC(CCC)C(C)c1ccc(F)c(F)c1. The van der Waals surface area contributed by atoms with Crippen LogP contribution >= 0.6 is 0 Å². The standard InChI is InChI=1S/C15H23F2N/c1-4-6-15(18-9-5-2)11(3)12-7-8-13(16)14(17)10-12/h7-8,10-11,15,18H,4-6,9H2,1-3H3. The van der Waals surface area contributed by atoms with Crippen molar-refractivity contribution in [3.8, 4) is 0 Å². The van der Waals surface area contributed by atoms with Crippen molar-refractivity contribution in [2.45, 2.75) is 52.0 Å². The lowest BCUT2D eigenvalue weighted by molar-refractivity contribution is 0.418. The summed E-state index contributed by atoms with van der Waals surface area (Å²) in [6, 6.07) is 4.53. The predicted octanol–water partition coefficient (Wildman–Crippen LogP) is 4.24. The Bertz CT molecular complexity index is 366. The Balaban J connectivity index is 2.79. The van der Waals surface area contributed by atoms with Gasteiger partial charge in [-0.05, 0) is 43.0 Å². The van der Waals surface area contributed by atoms with Crippen molar-refractivity contribution in [1.82, 2.24) is 5.32 Å². The van der Waals surface area contributed by atoms with E-state index in [4.69, 9.17) is 0 Å². The van der Waals surface area contributed by atoms with Gasteiger partial charge in [0.1, 0.15) is 0 Å². The molecular formula is C15H23F2N. The molecule has 1 aromatic rings. The van der Waals surface area contributed by atoms with Gasteiger partial charge in [0.05, 0.1) is 0 Å². The molecule has 1 N–H and O–H groups in total. The summed E-state index contributed by atoms with van der Waals surface area (Å²) in [6.45, 7) is 7.28. The second kappa shape index (κ2) is 7.47. The van der Waals surface area contributed by atoms with E-state index in [1.807, 2.05) is 0 Å². The van der Waals surface area contributed by atoms with Crippen LogP contribution in [-0.4, -0.2) is 12.6 Å². The van der Waals surface area contributed by atoms with E-state index in [-0.39, 0.29) is 5.92 Å². The van der Waals surface area contributed by atoms with E-state index < -0.39 is 11.6 Å². The first kappa shape index (κ1) is 15.1. The largest absolute Gasteiger partial charge is 0.313 e. The van der Waals surface area contributed by atoms with Crippen LogP contribution in [0.15, 0.2) is 18.2 Å². The minimum Gasteiger partial charge on any atom is -0.313 e. The average Bonchev–Trinajstić information content (AvgIpc) is 2.37. The van der Waals surface area contributed by atoms with E-state index in [0.29, 0.717) is 6.04 Å². The molecule has 0 spiro atoms. The molecule has 2 atom stereocenters.